The maximum absolute atomic E-state index is 12.1. The minimum Gasteiger partial charge on any atom is -0.378 e. The highest BCUT2D eigenvalue weighted by Crippen LogP contribution is 2.18. The van der Waals surface area contributed by atoms with Gasteiger partial charge >= 0.3 is 0 Å². The minimum atomic E-state index is -0.111. The molecule has 0 atom stereocenters. The van der Waals surface area contributed by atoms with Gasteiger partial charge in [-0.05, 0) is 30.0 Å². The highest BCUT2D eigenvalue weighted by atomic mass is 32.1. The number of amides is 1. The molecule has 5 nitrogen and oxygen atoms in total. The average Bonchev–Trinajstić information content (AvgIpc) is 2.95. The van der Waals surface area contributed by atoms with Gasteiger partial charge in [0, 0.05) is 18.5 Å². The first-order chi connectivity index (χ1) is 10.2. The van der Waals surface area contributed by atoms with Crippen LogP contribution in [0.25, 0.3) is 0 Å². The predicted octanol–water partition coefficient (Wildman–Crippen LogP) is 2.54. The molecule has 1 aliphatic rings. The molecule has 0 aromatic carbocycles. The molecule has 0 bridgehead atoms. The van der Waals surface area contributed by atoms with Crippen LogP contribution in [-0.4, -0.2) is 37.2 Å². The summed E-state index contributed by atoms with van der Waals surface area (Å²) in [7, 11) is 0. The van der Waals surface area contributed by atoms with Gasteiger partial charge in [-0.25, -0.2) is 4.98 Å². The number of carbonyl (C=O) groups excluding carboxylic acids is 1. The van der Waals surface area contributed by atoms with Crippen molar-refractivity contribution < 1.29 is 9.53 Å². The van der Waals surface area contributed by atoms with E-state index in [2.05, 4.69) is 15.2 Å². The molecule has 1 N–H and O–H groups in total. The van der Waals surface area contributed by atoms with Gasteiger partial charge in [-0.15, -0.1) is 0 Å². The molecule has 1 amide bonds. The number of hydrogen-bond donors (Lipinski definition) is 1. The lowest BCUT2D eigenvalue weighted by atomic mass is 10.2. The summed E-state index contributed by atoms with van der Waals surface area (Å²) in [6, 6.07) is 3.82. The zero-order valence-electron chi connectivity index (χ0n) is 11.8. The molecule has 2 aromatic rings. The number of ether oxygens (including phenoxy) is 1. The summed E-state index contributed by atoms with van der Waals surface area (Å²) in [5, 5.41) is 6.64. The van der Waals surface area contributed by atoms with Crippen LogP contribution in [-0.2, 0) is 4.74 Å². The van der Waals surface area contributed by atoms with E-state index in [1.165, 1.54) is 11.3 Å². The highest BCUT2D eigenvalue weighted by Gasteiger charge is 2.13. The van der Waals surface area contributed by atoms with Gasteiger partial charge in [0.05, 0.1) is 30.7 Å². The van der Waals surface area contributed by atoms with Crippen molar-refractivity contribution in [1.82, 2.24) is 4.98 Å². The van der Waals surface area contributed by atoms with E-state index in [1.807, 2.05) is 29.8 Å². The molecule has 0 unspecified atom stereocenters. The van der Waals surface area contributed by atoms with Crippen molar-refractivity contribution in [3.63, 3.8) is 0 Å². The smallest absolute Gasteiger partial charge is 0.257 e. The topological polar surface area (TPSA) is 54.5 Å². The monoisotopic (exact) mass is 303 g/mol. The van der Waals surface area contributed by atoms with Crippen LogP contribution in [0, 0.1) is 6.92 Å². The molecule has 21 heavy (non-hydrogen) atoms. The maximum Gasteiger partial charge on any atom is 0.257 e. The second kappa shape index (κ2) is 6.24. The lowest BCUT2D eigenvalue weighted by Crippen LogP contribution is -2.36. The zero-order valence-corrected chi connectivity index (χ0v) is 12.7. The number of pyridine rings is 1. The molecule has 0 saturated carbocycles. The lowest BCUT2D eigenvalue weighted by molar-refractivity contribution is 0.102. The van der Waals surface area contributed by atoms with E-state index in [9.17, 15) is 4.79 Å². The van der Waals surface area contributed by atoms with Crippen molar-refractivity contribution >= 4 is 28.7 Å². The third kappa shape index (κ3) is 3.22. The lowest BCUT2D eigenvalue weighted by Gasteiger charge is -2.28. The van der Waals surface area contributed by atoms with Crippen LogP contribution in [0.2, 0.25) is 0 Å². The molecule has 0 radical (unpaired) electrons. The van der Waals surface area contributed by atoms with Gasteiger partial charge in [0.2, 0.25) is 0 Å². The Morgan fingerprint density at radius 3 is 2.76 bits per heavy atom. The Morgan fingerprint density at radius 2 is 2.14 bits per heavy atom. The Bertz CT molecular complexity index is 618. The Hall–Kier alpha value is -1.92. The van der Waals surface area contributed by atoms with Crippen LogP contribution in [0.4, 0.5) is 11.5 Å². The van der Waals surface area contributed by atoms with Crippen molar-refractivity contribution in [2.75, 3.05) is 36.5 Å². The van der Waals surface area contributed by atoms with Gasteiger partial charge in [0.1, 0.15) is 5.82 Å². The quantitative estimate of drug-likeness (QED) is 0.947. The summed E-state index contributed by atoms with van der Waals surface area (Å²) in [4.78, 5) is 18.7. The van der Waals surface area contributed by atoms with Crippen LogP contribution >= 0.6 is 11.3 Å². The van der Waals surface area contributed by atoms with Crippen molar-refractivity contribution in [2.24, 2.45) is 0 Å². The Morgan fingerprint density at radius 1 is 1.33 bits per heavy atom. The van der Waals surface area contributed by atoms with Gasteiger partial charge in [0.15, 0.2) is 0 Å². The fourth-order valence-electron chi connectivity index (χ4n) is 2.25. The number of nitrogens with one attached hydrogen (secondary N) is 1. The number of hydrogen-bond acceptors (Lipinski definition) is 5. The molecular formula is C15H17N3O2S. The normalized spacial score (nSPS) is 15.0. The fourth-order valence-corrected chi connectivity index (χ4v) is 3.07. The van der Waals surface area contributed by atoms with Gasteiger partial charge in [-0.3, -0.25) is 4.79 Å². The first-order valence-corrected chi connectivity index (χ1v) is 7.81. The molecule has 6 heteroatoms. The van der Waals surface area contributed by atoms with E-state index < -0.39 is 0 Å². The molecule has 0 spiro atoms. The molecule has 1 fully saturated rings. The van der Waals surface area contributed by atoms with E-state index in [-0.39, 0.29) is 5.91 Å². The second-order valence-electron chi connectivity index (χ2n) is 4.92. The highest BCUT2D eigenvalue weighted by molar-refractivity contribution is 7.08. The van der Waals surface area contributed by atoms with Crippen molar-refractivity contribution in [2.45, 2.75) is 6.92 Å². The second-order valence-corrected chi connectivity index (χ2v) is 5.67. The fraction of sp³-hybridized carbons (Fsp3) is 0.333. The van der Waals surface area contributed by atoms with Gasteiger partial charge in [-0.1, -0.05) is 0 Å². The molecule has 1 saturated heterocycles. The van der Waals surface area contributed by atoms with Crippen LogP contribution in [0.3, 0.4) is 0 Å². The number of nitrogens with zero attached hydrogens (tertiary/aromatic N) is 2. The molecule has 3 heterocycles. The van der Waals surface area contributed by atoms with Gasteiger partial charge < -0.3 is 15.0 Å². The number of thiophene rings is 1. The van der Waals surface area contributed by atoms with Crippen LogP contribution in [0.5, 0.6) is 0 Å². The van der Waals surface area contributed by atoms with Crippen LogP contribution in [0.15, 0.2) is 29.1 Å². The largest absolute Gasteiger partial charge is 0.378 e. The number of aromatic nitrogens is 1. The van der Waals surface area contributed by atoms with E-state index >= 15 is 0 Å². The third-order valence-corrected chi connectivity index (χ3v) is 4.33. The number of morpholine rings is 1. The van der Waals surface area contributed by atoms with Crippen LogP contribution in [0.1, 0.15) is 15.9 Å². The number of rotatable bonds is 3. The van der Waals surface area contributed by atoms with Crippen molar-refractivity contribution in [3.8, 4) is 0 Å². The average molecular weight is 303 g/mol. The van der Waals surface area contributed by atoms with E-state index in [0.717, 1.165) is 37.6 Å². The zero-order chi connectivity index (χ0) is 14.7. The minimum absolute atomic E-state index is 0.111. The first kappa shape index (κ1) is 14.0. The first-order valence-electron chi connectivity index (χ1n) is 6.87. The maximum atomic E-state index is 12.1. The van der Waals surface area contributed by atoms with Crippen LogP contribution < -0.4 is 10.2 Å². The van der Waals surface area contributed by atoms with Crippen molar-refractivity contribution in [1.29, 1.82) is 0 Å². The number of anilines is 2. The van der Waals surface area contributed by atoms with Gasteiger partial charge in [0.25, 0.3) is 5.91 Å². The third-order valence-electron chi connectivity index (χ3n) is 3.47. The summed E-state index contributed by atoms with van der Waals surface area (Å²) in [6.45, 7) is 5.18. The predicted molar refractivity (Wildman–Crippen MR) is 84.3 cm³/mol. The molecule has 0 aliphatic carbocycles. The summed E-state index contributed by atoms with van der Waals surface area (Å²) in [5.41, 5.74) is 2.75. The molecule has 1 aliphatic heterocycles. The van der Waals surface area contributed by atoms with E-state index in [4.69, 9.17) is 4.74 Å². The summed E-state index contributed by atoms with van der Waals surface area (Å²) < 4.78 is 5.33. The molecule has 2 aromatic heterocycles. The number of carbonyl (C=O) groups is 1. The summed E-state index contributed by atoms with van der Waals surface area (Å²) >= 11 is 1.53. The molecule has 110 valence electrons. The van der Waals surface area contributed by atoms with Gasteiger partial charge in [-0.2, -0.15) is 11.3 Å². The number of aryl methyl sites for hydroxylation is 1. The SMILES string of the molecule is Cc1cscc1C(=O)Nc1ccc(N2CCOCC2)cn1. The van der Waals surface area contributed by atoms with E-state index in [1.54, 1.807) is 6.20 Å². The summed E-state index contributed by atoms with van der Waals surface area (Å²) in [6.07, 6.45) is 1.79. The molecule has 3 rings (SSSR count). The Kier molecular flexibility index (Phi) is 4.17. The standard InChI is InChI=1S/C15H17N3O2S/c1-11-9-21-10-13(11)15(19)17-14-3-2-12(8-16-14)18-4-6-20-7-5-18/h2-3,8-10H,4-7H2,1H3,(H,16,17,19). The van der Waals surface area contributed by atoms with Crippen molar-refractivity contribution in [3.05, 3.63) is 40.2 Å². The Labute approximate surface area is 127 Å². The van der Waals surface area contributed by atoms with E-state index in [0.29, 0.717) is 11.4 Å². The summed E-state index contributed by atoms with van der Waals surface area (Å²) in [5.74, 6) is 0.461. The Balaban J connectivity index is 1.67. The molecular weight excluding hydrogens is 286 g/mol.